The average molecular weight is 475 g/mol. The van der Waals surface area contributed by atoms with E-state index in [2.05, 4.69) is 10.3 Å². The first-order valence-corrected chi connectivity index (χ1v) is 10.2. The van der Waals surface area contributed by atoms with Crippen molar-refractivity contribution in [2.75, 3.05) is 6.54 Å². The monoisotopic (exact) mass is 474 g/mol. The molecule has 3 aromatic rings. The first-order chi connectivity index (χ1) is 14.6. The van der Waals surface area contributed by atoms with Gasteiger partial charge in [-0.05, 0) is 25.0 Å². The maximum atomic E-state index is 13.3. The number of halogens is 4. The van der Waals surface area contributed by atoms with Gasteiger partial charge < -0.3 is 14.5 Å². The van der Waals surface area contributed by atoms with Gasteiger partial charge in [-0.15, -0.1) is 11.3 Å². The van der Waals surface area contributed by atoms with Gasteiger partial charge in [-0.25, -0.2) is 4.79 Å². The van der Waals surface area contributed by atoms with Gasteiger partial charge in [-0.3, -0.25) is 9.48 Å². The highest BCUT2D eigenvalue weighted by atomic mass is 35.5. The van der Waals surface area contributed by atoms with Crippen molar-refractivity contribution in [2.45, 2.75) is 31.6 Å². The van der Waals surface area contributed by atoms with Gasteiger partial charge in [0.1, 0.15) is 17.4 Å². The zero-order chi connectivity index (χ0) is 22.3. The number of carbonyl (C=O) groups is 2. The van der Waals surface area contributed by atoms with E-state index >= 15 is 0 Å². The van der Waals surface area contributed by atoms with Gasteiger partial charge in [0.05, 0.1) is 15.8 Å². The highest BCUT2D eigenvalue weighted by molar-refractivity contribution is 7.19. The van der Waals surface area contributed by atoms with Gasteiger partial charge in [-0.1, -0.05) is 16.8 Å². The molecule has 1 aliphatic heterocycles. The summed E-state index contributed by atoms with van der Waals surface area (Å²) in [6.07, 6.45) is -4.58. The lowest BCUT2D eigenvalue weighted by molar-refractivity contribution is -0.169. The summed E-state index contributed by atoms with van der Waals surface area (Å²) in [5.41, 5.74) is -0.417. The van der Waals surface area contributed by atoms with Crippen LogP contribution in [0.5, 0.6) is 0 Å². The molecule has 0 radical (unpaired) electrons. The summed E-state index contributed by atoms with van der Waals surface area (Å²) in [7, 11) is 0. The van der Waals surface area contributed by atoms with Crippen molar-refractivity contribution in [1.29, 1.82) is 0 Å². The van der Waals surface area contributed by atoms with Gasteiger partial charge in [0, 0.05) is 18.7 Å². The summed E-state index contributed by atoms with van der Waals surface area (Å²) in [4.78, 5) is 25.7. The molecular weight excluding hydrogens is 461 g/mol. The number of likely N-dealkylation sites (tertiary alicyclic amines) is 1. The topological polar surface area (TPSA) is 101 Å². The fraction of sp³-hybridized carbons (Fsp3) is 0.333. The Hall–Kier alpha value is -2.86. The number of alkyl halides is 3. The molecule has 1 atom stereocenters. The number of aromatic nitrogens is 3. The number of hydrogen-bond acceptors (Lipinski definition) is 6. The lowest BCUT2D eigenvalue weighted by Gasteiger charge is -2.26. The summed E-state index contributed by atoms with van der Waals surface area (Å²) >= 11 is 7.17. The van der Waals surface area contributed by atoms with E-state index in [1.54, 1.807) is 18.2 Å². The molecule has 1 aliphatic rings. The normalized spacial score (nSPS) is 16.8. The number of amides is 1. The maximum Gasteiger partial charge on any atom is 0.408 e. The van der Waals surface area contributed by atoms with E-state index < -0.39 is 29.8 Å². The second-order valence-electron chi connectivity index (χ2n) is 6.86. The van der Waals surface area contributed by atoms with Crippen LogP contribution < -0.4 is 0 Å². The van der Waals surface area contributed by atoms with Crippen LogP contribution in [-0.2, 0) is 6.54 Å². The van der Waals surface area contributed by atoms with E-state index in [4.69, 9.17) is 16.1 Å². The summed E-state index contributed by atoms with van der Waals surface area (Å²) < 4.78 is 46.7. The average Bonchev–Trinajstić information content (AvgIpc) is 3.47. The van der Waals surface area contributed by atoms with Crippen molar-refractivity contribution >= 4 is 34.8 Å². The van der Waals surface area contributed by atoms with E-state index in [0.717, 1.165) is 10.7 Å². The fourth-order valence-electron chi connectivity index (χ4n) is 3.41. The standard InChI is InChI=1S/C18H14ClF3N4O4S/c19-15-4-3-13(31-15)12-6-9(24-30-12)8-26-11(7-10(23-26)17(28)29)16(27)25-5-1-2-14(25)18(20,21)22/h3-4,6-7,14H,1-2,5,8H2,(H,28,29). The number of rotatable bonds is 5. The first-order valence-electron chi connectivity index (χ1n) is 9.03. The molecule has 0 spiro atoms. The maximum absolute atomic E-state index is 13.3. The van der Waals surface area contributed by atoms with E-state index in [1.165, 1.54) is 11.3 Å². The van der Waals surface area contributed by atoms with Gasteiger partial charge in [0.15, 0.2) is 11.5 Å². The minimum atomic E-state index is -4.57. The van der Waals surface area contributed by atoms with E-state index in [1.807, 2.05) is 0 Å². The summed E-state index contributed by atoms with van der Waals surface area (Å²) in [6.45, 7) is -0.245. The molecule has 3 aromatic heterocycles. The van der Waals surface area contributed by atoms with Crippen LogP contribution in [0.4, 0.5) is 13.2 Å². The molecule has 0 aliphatic carbocycles. The smallest absolute Gasteiger partial charge is 0.408 e. The highest BCUT2D eigenvalue weighted by Crippen LogP contribution is 2.34. The number of hydrogen-bond donors (Lipinski definition) is 1. The van der Waals surface area contributed by atoms with E-state index in [0.29, 0.717) is 25.6 Å². The third-order valence-corrected chi connectivity index (χ3v) is 6.04. The largest absolute Gasteiger partial charge is 0.476 e. The number of carboxylic acids is 1. The molecule has 0 saturated carbocycles. The molecule has 164 valence electrons. The number of nitrogens with zero attached hydrogens (tertiary/aromatic N) is 4. The van der Waals surface area contributed by atoms with Crippen LogP contribution in [0.3, 0.4) is 0 Å². The van der Waals surface area contributed by atoms with Crippen LogP contribution in [0, 0.1) is 0 Å². The summed E-state index contributed by atoms with van der Waals surface area (Å²) in [5, 5.41) is 17.0. The Morgan fingerprint density at radius 2 is 2.10 bits per heavy atom. The van der Waals surface area contributed by atoms with E-state index in [9.17, 15) is 27.9 Å². The highest BCUT2D eigenvalue weighted by Gasteiger charge is 2.48. The number of thiophene rings is 1. The molecule has 1 amide bonds. The minimum absolute atomic E-state index is 0.0795. The minimum Gasteiger partial charge on any atom is -0.476 e. The van der Waals surface area contributed by atoms with Crippen molar-refractivity contribution in [3.8, 4) is 10.6 Å². The van der Waals surface area contributed by atoms with Crippen LogP contribution in [-0.4, -0.2) is 55.6 Å². The third-order valence-electron chi connectivity index (χ3n) is 4.80. The molecule has 4 heterocycles. The van der Waals surface area contributed by atoms with Gasteiger partial charge in [-0.2, -0.15) is 18.3 Å². The first kappa shape index (κ1) is 21.4. The molecule has 1 saturated heterocycles. The second kappa shape index (κ2) is 8.00. The van der Waals surface area contributed by atoms with E-state index in [-0.39, 0.29) is 31.6 Å². The molecule has 0 bridgehead atoms. The third kappa shape index (κ3) is 4.30. The van der Waals surface area contributed by atoms with Crippen molar-refractivity contribution in [2.24, 2.45) is 0 Å². The zero-order valence-corrected chi connectivity index (χ0v) is 17.2. The number of carbonyl (C=O) groups excluding carboxylic acids is 1. The van der Waals surface area contributed by atoms with Crippen molar-refractivity contribution in [1.82, 2.24) is 19.8 Å². The summed E-state index contributed by atoms with van der Waals surface area (Å²) in [6, 6.07) is 4.02. The second-order valence-corrected chi connectivity index (χ2v) is 8.58. The van der Waals surface area contributed by atoms with Gasteiger partial charge in [0.25, 0.3) is 5.91 Å². The Balaban J connectivity index is 1.63. The molecule has 31 heavy (non-hydrogen) atoms. The van der Waals surface area contributed by atoms with Crippen LogP contribution >= 0.6 is 22.9 Å². The quantitative estimate of drug-likeness (QED) is 0.595. The fourth-order valence-corrected chi connectivity index (χ4v) is 4.41. The Bertz CT molecular complexity index is 1140. The Labute approximate surface area is 181 Å². The number of carboxylic acid groups (broad SMARTS) is 1. The Morgan fingerprint density at radius 1 is 1.32 bits per heavy atom. The van der Waals surface area contributed by atoms with Crippen molar-refractivity contribution in [3.63, 3.8) is 0 Å². The summed E-state index contributed by atoms with van der Waals surface area (Å²) in [5.74, 6) is -1.94. The SMILES string of the molecule is O=C(O)c1cc(C(=O)N2CCCC2C(F)(F)F)n(Cc2cc(-c3ccc(Cl)s3)on2)n1. The lowest BCUT2D eigenvalue weighted by Crippen LogP contribution is -2.45. The zero-order valence-electron chi connectivity index (χ0n) is 15.6. The molecule has 0 aromatic carbocycles. The van der Waals surface area contributed by atoms with Gasteiger partial charge >= 0.3 is 12.1 Å². The molecule has 4 rings (SSSR count). The van der Waals surface area contributed by atoms with Crippen LogP contribution in [0.15, 0.2) is 28.8 Å². The molecule has 1 unspecified atom stereocenters. The van der Waals surface area contributed by atoms with Crippen LogP contribution in [0.1, 0.15) is 39.5 Å². The lowest BCUT2D eigenvalue weighted by atomic mass is 10.2. The van der Waals surface area contributed by atoms with Gasteiger partial charge in [0.2, 0.25) is 0 Å². The Kier molecular flexibility index (Phi) is 5.52. The Morgan fingerprint density at radius 3 is 2.74 bits per heavy atom. The molecule has 8 nitrogen and oxygen atoms in total. The predicted molar refractivity (Wildman–Crippen MR) is 103 cm³/mol. The van der Waals surface area contributed by atoms with Crippen molar-refractivity contribution in [3.05, 3.63) is 45.7 Å². The molecule has 13 heteroatoms. The predicted octanol–water partition coefficient (Wildman–Crippen LogP) is 4.17. The van der Waals surface area contributed by atoms with Crippen molar-refractivity contribution < 1.29 is 32.4 Å². The molecular formula is C18H14ClF3N4O4S. The molecule has 1 fully saturated rings. The molecule has 1 N–H and O–H groups in total. The van der Waals surface area contributed by atoms with Crippen LogP contribution in [0.2, 0.25) is 4.34 Å². The van der Waals surface area contributed by atoms with Crippen LogP contribution in [0.25, 0.3) is 10.6 Å². The number of aromatic carboxylic acids is 1.